The van der Waals surface area contributed by atoms with Gasteiger partial charge in [-0.1, -0.05) is 0 Å². The van der Waals surface area contributed by atoms with Gasteiger partial charge in [-0.3, -0.25) is 14.5 Å². The first-order valence-corrected chi connectivity index (χ1v) is 3.63. The summed E-state index contributed by atoms with van der Waals surface area (Å²) < 4.78 is 30.5. The maximum absolute atomic E-state index is 12.8. The summed E-state index contributed by atoms with van der Waals surface area (Å²) >= 11 is 0. The molecule has 0 heterocycles. The quantitative estimate of drug-likeness (QED) is 0.373. The van der Waals surface area contributed by atoms with Crippen LogP contribution in [0.5, 0.6) is 0 Å². The smallest absolute Gasteiger partial charge is 1.00 e. The molecular formula is C9H9BrF2MgO. The fourth-order valence-corrected chi connectivity index (χ4v) is 0.781. The van der Waals surface area contributed by atoms with E-state index in [1.54, 1.807) is 13.8 Å². The van der Waals surface area contributed by atoms with Crippen LogP contribution in [0.15, 0.2) is 29.5 Å². The minimum absolute atomic E-state index is 0. The van der Waals surface area contributed by atoms with Crippen molar-refractivity contribution >= 4 is 23.1 Å². The molecule has 14 heavy (non-hydrogen) atoms. The molecule has 1 aliphatic rings. The van der Waals surface area contributed by atoms with Crippen LogP contribution < -0.4 is 17.0 Å². The Morgan fingerprint density at radius 3 is 2.50 bits per heavy atom. The maximum atomic E-state index is 12.8. The van der Waals surface area contributed by atoms with Crippen LogP contribution in [0.1, 0.15) is 13.8 Å². The molecule has 74 valence electrons. The average molecular weight is 275 g/mol. The summed E-state index contributed by atoms with van der Waals surface area (Å²) in [6.45, 7) is 3.41. The predicted octanol–water partition coefficient (Wildman–Crippen LogP) is -0.558. The molecule has 0 aromatic carbocycles. The van der Waals surface area contributed by atoms with Gasteiger partial charge >= 0.3 is 23.1 Å². The van der Waals surface area contributed by atoms with Crippen molar-refractivity contribution < 1.29 is 30.5 Å². The predicted molar refractivity (Wildman–Crippen MR) is 47.1 cm³/mol. The summed E-state index contributed by atoms with van der Waals surface area (Å²) in [6, 6.07) is 0. The Balaban J connectivity index is 0. The van der Waals surface area contributed by atoms with Crippen LogP contribution in [-0.4, -0.2) is 29.2 Å². The fraction of sp³-hybridized carbons (Fsp3) is 0.333. The normalized spacial score (nSPS) is 13.9. The molecule has 1 nitrogen and oxygen atoms in total. The van der Waals surface area contributed by atoms with Crippen molar-refractivity contribution in [3.05, 3.63) is 35.6 Å². The van der Waals surface area contributed by atoms with Crippen LogP contribution >= 0.6 is 0 Å². The number of halogens is 3. The molecule has 0 amide bonds. The summed E-state index contributed by atoms with van der Waals surface area (Å²) in [5.41, 5.74) is 2.31. The van der Waals surface area contributed by atoms with Crippen molar-refractivity contribution in [2.24, 2.45) is 0 Å². The van der Waals surface area contributed by atoms with E-state index in [0.717, 1.165) is 12.2 Å². The van der Waals surface area contributed by atoms with Crippen LogP contribution in [0.2, 0.25) is 0 Å². The van der Waals surface area contributed by atoms with E-state index in [1.165, 1.54) is 0 Å². The maximum Gasteiger partial charge on any atom is 2.00 e. The zero-order valence-electron chi connectivity index (χ0n) is 7.98. The van der Waals surface area contributed by atoms with E-state index in [0.29, 0.717) is 0 Å². The van der Waals surface area contributed by atoms with Crippen molar-refractivity contribution in [1.29, 1.82) is 0 Å². The van der Waals surface area contributed by atoms with Crippen molar-refractivity contribution in [3.63, 3.8) is 0 Å². The van der Waals surface area contributed by atoms with Gasteiger partial charge in [0, 0.05) is 0 Å². The van der Waals surface area contributed by atoms with E-state index in [4.69, 9.17) is 4.74 Å². The van der Waals surface area contributed by atoms with Gasteiger partial charge in [-0.15, -0.1) is 12.2 Å². The number of ether oxygens (including phenoxy) is 1. The minimum Gasteiger partial charge on any atom is -1.00 e. The summed E-state index contributed by atoms with van der Waals surface area (Å²) in [5, 5.41) is 0. The molecule has 0 fully saturated rings. The van der Waals surface area contributed by atoms with Gasteiger partial charge in [-0.05, 0) is 13.8 Å². The number of hydrogen-bond acceptors (Lipinski definition) is 1. The van der Waals surface area contributed by atoms with Crippen molar-refractivity contribution in [3.8, 4) is 0 Å². The average Bonchev–Trinajstić information content (AvgIpc) is 1.97. The molecule has 0 radical (unpaired) electrons. The van der Waals surface area contributed by atoms with Crippen molar-refractivity contribution in [2.45, 2.75) is 20.0 Å². The molecule has 5 heteroatoms. The molecule has 0 aromatic heterocycles. The van der Waals surface area contributed by atoms with Crippen LogP contribution in [0.3, 0.4) is 0 Å². The van der Waals surface area contributed by atoms with E-state index in [2.05, 4.69) is 5.73 Å². The Hall–Kier alpha value is 0.0362. The third-order valence-electron chi connectivity index (χ3n) is 1.21. The zero-order valence-corrected chi connectivity index (χ0v) is 11.0. The number of allylic oxidation sites excluding steroid dienone is 2. The molecule has 0 saturated heterocycles. The van der Waals surface area contributed by atoms with Crippen LogP contribution in [0.4, 0.5) is 8.78 Å². The Bertz CT molecular complexity index is 270. The topological polar surface area (TPSA) is 9.23 Å². The third-order valence-corrected chi connectivity index (χ3v) is 1.21. The van der Waals surface area contributed by atoms with Gasteiger partial charge in [-0.25, -0.2) is 0 Å². The van der Waals surface area contributed by atoms with Crippen molar-refractivity contribution in [1.82, 2.24) is 0 Å². The molecule has 0 unspecified atom stereocenters. The van der Waals surface area contributed by atoms with Gasteiger partial charge in [0.15, 0.2) is 0 Å². The Morgan fingerprint density at radius 1 is 1.50 bits per heavy atom. The minimum atomic E-state index is -0.719. The summed E-state index contributed by atoms with van der Waals surface area (Å²) in [7, 11) is 0. The van der Waals surface area contributed by atoms with E-state index >= 15 is 0 Å². The summed E-state index contributed by atoms with van der Waals surface area (Å²) in [4.78, 5) is 0. The number of hydrogen-bond donors (Lipinski definition) is 0. The van der Waals surface area contributed by atoms with Gasteiger partial charge in [0.05, 0.1) is 23.9 Å². The Labute approximate surface area is 109 Å². The van der Waals surface area contributed by atoms with Crippen molar-refractivity contribution in [2.75, 3.05) is 0 Å². The molecule has 0 bridgehead atoms. The van der Waals surface area contributed by atoms with Crippen LogP contribution in [-0.2, 0) is 4.74 Å². The second-order valence-corrected chi connectivity index (χ2v) is 2.65. The largest absolute Gasteiger partial charge is 2.00 e. The monoisotopic (exact) mass is 274 g/mol. The molecule has 1 aliphatic carbocycles. The van der Waals surface area contributed by atoms with E-state index in [1.807, 2.05) is 0 Å². The Morgan fingerprint density at radius 2 is 2.07 bits per heavy atom. The molecule has 0 aromatic rings. The molecule has 1 rings (SSSR count). The fourth-order valence-electron chi connectivity index (χ4n) is 0.781. The van der Waals surface area contributed by atoms with Gasteiger partial charge in [0.2, 0.25) is 0 Å². The molecule has 0 atom stereocenters. The Kier molecular flexibility index (Phi) is 8.64. The number of rotatable bonds is 2. The molecule has 0 saturated carbocycles. The van der Waals surface area contributed by atoms with Gasteiger partial charge < -0.3 is 21.7 Å². The second-order valence-electron chi connectivity index (χ2n) is 2.65. The second kappa shape index (κ2) is 7.34. The van der Waals surface area contributed by atoms with Crippen LogP contribution in [0, 0.1) is 6.17 Å². The van der Waals surface area contributed by atoms with Gasteiger partial charge in [-0.2, -0.15) is 0 Å². The molecule has 0 spiro atoms. The van der Waals surface area contributed by atoms with E-state index in [-0.39, 0.29) is 51.9 Å². The van der Waals surface area contributed by atoms with E-state index < -0.39 is 12.0 Å². The van der Waals surface area contributed by atoms with E-state index in [9.17, 15) is 8.78 Å². The zero-order chi connectivity index (χ0) is 9.14. The first-order chi connectivity index (χ1) is 5.61. The molecular weight excluding hydrogens is 266 g/mol. The summed E-state index contributed by atoms with van der Waals surface area (Å²) in [5.74, 6) is -1.05. The first kappa shape index (κ1) is 16.5. The molecule has 0 N–H and O–H groups in total. The summed E-state index contributed by atoms with van der Waals surface area (Å²) in [6.07, 6.45) is 1.13. The van der Waals surface area contributed by atoms with Crippen LogP contribution in [0.25, 0.3) is 0 Å². The molecule has 0 aliphatic heterocycles. The standard InChI is InChI=1S/C9H9F2O.BrH.Mg/c1-6(2)12-9-7(10)4-3-5-8(9)11;;/h4-6H,1-2H3;1H;/q-1;;+2/p-1. The third kappa shape index (κ3) is 4.51. The van der Waals surface area contributed by atoms with Gasteiger partial charge in [0.1, 0.15) is 0 Å². The SMILES string of the molecule is CC(C)OC1=C(F)C=C=C[C-]1F.[Br-].[Mg+2]. The first-order valence-electron chi connectivity index (χ1n) is 3.63. The van der Waals surface area contributed by atoms with Gasteiger partial charge in [0.25, 0.3) is 0 Å².